The lowest BCUT2D eigenvalue weighted by Crippen LogP contribution is -2.48. The Kier molecular flexibility index (Phi) is 3.27. The number of aromatic nitrogens is 4. The predicted molar refractivity (Wildman–Crippen MR) is 88.9 cm³/mol. The number of anilines is 1. The molecule has 1 saturated heterocycles. The van der Waals surface area contributed by atoms with Crippen molar-refractivity contribution in [3.8, 4) is 5.69 Å². The summed E-state index contributed by atoms with van der Waals surface area (Å²) in [6.07, 6.45) is 3.46. The number of hydrogen-bond donors (Lipinski definition) is 0. The zero-order valence-electron chi connectivity index (χ0n) is 13.3. The van der Waals surface area contributed by atoms with E-state index in [1.807, 2.05) is 41.2 Å². The summed E-state index contributed by atoms with van der Waals surface area (Å²) in [6.45, 7) is 6.53. The zero-order valence-corrected chi connectivity index (χ0v) is 13.3. The normalized spacial score (nSPS) is 17.6. The van der Waals surface area contributed by atoms with Gasteiger partial charge in [0.15, 0.2) is 5.65 Å². The van der Waals surface area contributed by atoms with Gasteiger partial charge in [-0.1, -0.05) is 18.2 Å². The van der Waals surface area contributed by atoms with Crippen LogP contribution in [-0.4, -0.2) is 45.0 Å². The van der Waals surface area contributed by atoms with E-state index < -0.39 is 0 Å². The van der Waals surface area contributed by atoms with E-state index in [1.165, 1.54) is 0 Å². The molecule has 3 aromatic rings. The Bertz CT molecular complexity index is 827. The van der Waals surface area contributed by atoms with Crippen molar-refractivity contribution in [3.05, 3.63) is 42.9 Å². The van der Waals surface area contributed by atoms with Crippen molar-refractivity contribution in [3.63, 3.8) is 0 Å². The molecule has 1 aliphatic heterocycles. The first-order valence-electron chi connectivity index (χ1n) is 7.77. The Labute approximate surface area is 134 Å². The van der Waals surface area contributed by atoms with Gasteiger partial charge < -0.3 is 9.64 Å². The molecule has 0 N–H and O–H groups in total. The number of rotatable bonds is 2. The summed E-state index contributed by atoms with van der Waals surface area (Å²) < 4.78 is 7.65. The van der Waals surface area contributed by atoms with Gasteiger partial charge in [0.05, 0.1) is 29.5 Å². The number of fused-ring (bicyclic) bond motifs is 1. The molecule has 0 unspecified atom stereocenters. The van der Waals surface area contributed by atoms with Gasteiger partial charge >= 0.3 is 0 Å². The van der Waals surface area contributed by atoms with Crippen molar-refractivity contribution in [1.82, 2.24) is 19.7 Å². The lowest BCUT2D eigenvalue weighted by Gasteiger charge is -2.38. The summed E-state index contributed by atoms with van der Waals surface area (Å²) in [7, 11) is 0. The molecule has 0 aliphatic carbocycles. The van der Waals surface area contributed by atoms with Crippen molar-refractivity contribution in [2.75, 3.05) is 24.6 Å². The highest BCUT2D eigenvalue weighted by Crippen LogP contribution is 2.28. The number of ether oxygens (including phenoxy) is 1. The Morgan fingerprint density at radius 3 is 2.74 bits per heavy atom. The van der Waals surface area contributed by atoms with Crippen LogP contribution in [0.4, 0.5) is 5.82 Å². The third kappa shape index (κ3) is 2.55. The van der Waals surface area contributed by atoms with Crippen molar-refractivity contribution in [2.45, 2.75) is 19.4 Å². The van der Waals surface area contributed by atoms with Crippen molar-refractivity contribution in [1.29, 1.82) is 0 Å². The molecule has 0 radical (unpaired) electrons. The quantitative estimate of drug-likeness (QED) is 0.728. The van der Waals surface area contributed by atoms with Crippen LogP contribution in [0.2, 0.25) is 0 Å². The number of morpholine rings is 1. The van der Waals surface area contributed by atoms with Gasteiger partial charge in [0.1, 0.15) is 12.1 Å². The van der Waals surface area contributed by atoms with Gasteiger partial charge in [0, 0.05) is 13.1 Å². The van der Waals surface area contributed by atoms with Crippen molar-refractivity contribution < 1.29 is 4.74 Å². The van der Waals surface area contributed by atoms with Crippen molar-refractivity contribution >= 4 is 16.9 Å². The summed E-state index contributed by atoms with van der Waals surface area (Å²) in [5.74, 6) is 0.925. The van der Waals surface area contributed by atoms with Gasteiger partial charge in [-0.2, -0.15) is 5.10 Å². The van der Waals surface area contributed by atoms with E-state index in [-0.39, 0.29) is 5.60 Å². The summed E-state index contributed by atoms with van der Waals surface area (Å²) in [6, 6.07) is 10.0. The molecule has 6 nitrogen and oxygen atoms in total. The summed E-state index contributed by atoms with van der Waals surface area (Å²) in [5, 5.41) is 5.48. The van der Waals surface area contributed by atoms with E-state index in [1.54, 1.807) is 6.33 Å². The molecule has 23 heavy (non-hydrogen) atoms. The van der Waals surface area contributed by atoms with Crippen LogP contribution in [0.25, 0.3) is 16.7 Å². The van der Waals surface area contributed by atoms with E-state index in [4.69, 9.17) is 4.74 Å². The second-order valence-corrected chi connectivity index (χ2v) is 6.36. The molecule has 0 atom stereocenters. The smallest absolute Gasteiger partial charge is 0.168 e. The van der Waals surface area contributed by atoms with Gasteiger partial charge in [-0.25, -0.2) is 14.6 Å². The standard InChI is InChI=1S/C17H19N5O/c1-17(2)11-21(8-9-23-17)15-14-10-20-22(16(14)19-12-18-15)13-6-4-3-5-7-13/h3-7,10,12H,8-9,11H2,1-2H3. The Morgan fingerprint density at radius 2 is 1.96 bits per heavy atom. The Balaban J connectivity index is 1.79. The fourth-order valence-corrected chi connectivity index (χ4v) is 3.04. The number of nitrogens with zero attached hydrogens (tertiary/aromatic N) is 5. The maximum absolute atomic E-state index is 5.80. The Morgan fingerprint density at radius 1 is 1.13 bits per heavy atom. The van der Waals surface area contributed by atoms with Crippen LogP contribution in [0.5, 0.6) is 0 Å². The van der Waals surface area contributed by atoms with E-state index in [2.05, 4.69) is 33.8 Å². The van der Waals surface area contributed by atoms with E-state index in [9.17, 15) is 0 Å². The molecule has 118 valence electrons. The third-order valence-electron chi connectivity index (χ3n) is 4.07. The third-order valence-corrected chi connectivity index (χ3v) is 4.07. The molecule has 6 heteroatoms. The molecule has 2 aromatic heterocycles. The van der Waals surface area contributed by atoms with Crippen LogP contribution < -0.4 is 4.90 Å². The van der Waals surface area contributed by atoms with Gasteiger partial charge in [0.2, 0.25) is 0 Å². The van der Waals surface area contributed by atoms with Gasteiger partial charge in [0.25, 0.3) is 0 Å². The van der Waals surface area contributed by atoms with Crippen LogP contribution in [0.1, 0.15) is 13.8 Å². The first-order chi connectivity index (χ1) is 11.1. The predicted octanol–water partition coefficient (Wildman–Crippen LogP) is 2.43. The first kappa shape index (κ1) is 14.1. The first-order valence-corrected chi connectivity index (χ1v) is 7.77. The van der Waals surface area contributed by atoms with Crippen LogP contribution >= 0.6 is 0 Å². The van der Waals surface area contributed by atoms with Gasteiger partial charge in [-0.05, 0) is 26.0 Å². The average Bonchev–Trinajstić information content (AvgIpc) is 2.98. The highest BCUT2D eigenvalue weighted by atomic mass is 16.5. The molecule has 0 bridgehead atoms. The van der Waals surface area contributed by atoms with Crippen LogP contribution in [0, 0.1) is 0 Å². The maximum Gasteiger partial charge on any atom is 0.168 e. The number of hydrogen-bond acceptors (Lipinski definition) is 5. The number of benzene rings is 1. The van der Waals surface area contributed by atoms with Crippen molar-refractivity contribution in [2.24, 2.45) is 0 Å². The molecular weight excluding hydrogens is 290 g/mol. The lowest BCUT2D eigenvalue weighted by molar-refractivity contribution is -0.0278. The van der Waals surface area contributed by atoms with Crippen LogP contribution in [0.3, 0.4) is 0 Å². The largest absolute Gasteiger partial charge is 0.372 e. The second kappa shape index (κ2) is 5.31. The highest BCUT2D eigenvalue weighted by Gasteiger charge is 2.29. The maximum atomic E-state index is 5.80. The monoisotopic (exact) mass is 309 g/mol. The van der Waals surface area contributed by atoms with E-state index in [0.29, 0.717) is 6.61 Å². The van der Waals surface area contributed by atoms with Crippen LogP contribution in [0.15, 0.2) is 42.9 Å². The van der Waals surface area contributed by atoms with E-state index in [0.717, 1.165) is 35.6 Å². The molecule has 1 aromatic carbocycles. The second-order valence-electron chi connectivity index (χ2n) is 6.36. The van der Waals surface area contributed by atoms with E-state index >= 15 is 0 Å². The van der Waals surface area contributed by atoms with Crippen LogP contribution in [-0.2, 0) is 4.74 Å². The van der Waals surface area contributed by atoms with Gasteiger partial charge in [-0.15, -0.1) is 0 Å². The minimum Gasteiger partial charge on any atom is -0.372 e. The SMILES string of the molecule is CC1(C)CN(c2ncnc3c2cnn3-c2ccccc2)CCO1. The lowest BCUT2D eigenvalue weighted by atomic mass is 10.1. The minimum atomic E-state index is -0.176. The fourth-order valence-electron chi connectivity index (χ4n) is 3.04. The fraction of sp³-hybridized carbons (Fsp3) is 0.353. The summed E-state index contributed by atoms with van der Waals surface area (Å²) >= 11 is 0. The molecule has 4 rings (SSSR count). The molecule has 1 aliphatic rings. The summed E-state index contributed by atoms with van der Waals surface area (Å²) in [4.78, 5) is 11.2. The molecule has 0 saturated carbocycles. The summed E-state index contributed by atoms with van der Waals surface area (Å²) in [5.41, 5.74) is 1.64. The molecule has 1 fully saturated rings. The topological polar surface area (TPSA) is 56.1 Å². The number of para-hydroxylation sites is 1. The molecular formula is C17H19N5O. The Hall–Kier alpha value is -2.47. The highest BCUT2D eigenvalue weighted by molar-refractivity contribution is 5.87. The zero-order chi connectivity index (χ0) is 15.9. The molecule has 3 heterocycles. The molecule has 0 amide bonds. The minimum absolute atomic E-state index is 0.176. The average molecular weight is 309 g/mol. The van der Waals surface area contributed by atoms with Gasteiger partial charge in [-0.3, -0.25) is 0 Å². The molecule has 0 spiro atoms.